The molecule has 4 nitrogen and oxygen atoms in total. The number of benzene rings is 1. The van der Waals surface area contributed by atoms with Crippen LogP contribution in [0, 0.1) is 0 Å². The molecule has 0 unspecified atom stereocenters. The fourth-order valence-corrected chi connectivity index (χ4v) is 1.46. The molecule has 0 bridgehead atoms. The molecule has 0 amide bonds. The quantitative estimate of drug-likeness (QED) is 0.849. The SMILES string of the molecule is COCc1cc(N)nc(-c2ccccc2)n1. The van der Waals surface area contributed by atoms with Crippen molar-refractivity contribution in [1.29, 1.82) is 0 Å². The standard InChI is InChI=1S/C12H13N3O/c1-16-8-10-7-11(13)15-12(14-10)9-5-3-2-4-6-9/h2-7H,8H2,1H3,(H2,13,14,15). The van der Waals surface area contributed by atoms with Crippen LogP contribution in [0.1, 0.15) is 5.69 Å². The molecule has 16 heavy (non-hydrogen) atoms. The molecule has 0 saturated carbocycles. The van der Waals surface area contributed by atoms with Crippen molar-refractivity contribution in [3.63, 3.8) is 0 Å². The maximum atomic E-state index is 5.72. The highest BCUT2D eigenvalue weighted by atomic mass is 16.5. The minimum absolute atomic E-state index is 0.437. The number of rotatable bonds is 3. The Bertz CT molecular complexity index is 471. The summed E-state index contributed by atoms with van der Waals surface area (Å²) in [7, 11) is 1.63. The van der Waals surface area contributed by atoms with Crippen molar-refractivity contribution >= 4 is 5.82 Å². The number of nitrogens with two attached hydrogens (primary N) is 1. The molecule has 0 aliphatic rings. The van der Waals surface area contributed by atoms with E-state index in [0.717, 1.165) is 11.3 Å². The monoisotopic (exact) mass is 215 g/mol. The Hall–Kier alpha value is -1.94. The molecule has 1 heterocycles. The zero-order valence-corrected chi connectivity index (χ0v) is 9.05. The van der Waals surface area contributed by atoms with Gasteiger partial charge in [-0.25, -0.2) is 9.97 Å². The second-order valence-corrected chi connectivity index (χ2v) is 3.41. The maximum Gasteiger partial charge on any atom is 0.161 e. The van der Waals surface area contributed by atoms with Gasteiger partial charge in [0.2, 0.25) is 0 Å². The second kappa shape index (κ2) is 4.72. The van der Waals surface area contributed by atoms with Gasteiger partial charge in [-0.1, -0.05) is 30.3 Å². The Morgan fingerprint density at radius 1 is 1.19 bits per heavy atom. The third-order valence-electron chi connectivity index (χ3n) is 2.12. The number of anilines is 1. The highest BCUT2D eigenvalue weighted by molar-refractivity contribution is 5.56. The summed E-state index contributed by atoms with van der Waals surface area (Å²) in [4.78, 5) is 8.57. The van der Waals surface area contributed by atoms with E-state index in [1.165, 1.54) is 0 Å². The Morgan fingerprint density at radius 3 is 2.62 bits per heavy atom. The van der Waals surface area contributed by atoms with Crippen LogP contribution >= 0.6 is 0 Å². The van der Waals surface area contributed by atoms with E-state index in [4.69, 9.17) is 10.5 Å². The van der Waals surface area contributed by atoms with Crippen LogP contribution in [0.25, 0.3) is 11.4 Å². The molecule has 4 heteroatoms. The average molecular weight is 215 g/mol. The van der Waals surface area contributed by atoms with Crippen molar-refractivity contribution in [3.05, 3.63) is 42.1 Å². The lowest BCUT2D eigenvalue weighted by atomic mass is 10.2. The van der Waals surface area contributed by atoms with E-state index >= 15 is 0 Å². The van der Waals surface area contributed by atoms with E-state index in [2.05, 4.69) is 9.97 Å². The molecule has 0 saturated heterocycles. The lowest BCUT2D eigenvalue weighted by Crippen LogP contribution is -2.01. The van der Waals surface area contributed by atoms with E-state index < -0.39 is 0 Å². The maximum absolute atomic E-state index is 5.72. The molecule has 0 spiro atoms. The zero-order chi connectivity index (χ0) is 11.4. The number of methoxy groups -OCH3 is 1. The third kappa shape index (κ3) is 2.35. The van der Waals surface area contributed by atoms with Gasteiger partial charge in [-0.15, -0.1) is 0 Å². The van der Waals surface area contributed by atoms with Gasteiger partial charge in [0.15, 0.2) is 5.82 Å². The van der Waals surface area contributed by atoms with E-state index in [1.807, 2.05) is 30.3 Å². The lowest BCUT2D eigenvalue weighted by Gasteiger charge is -2.04. The minimum Gasteiger partial charge on any atom is -0.384 e. The van der Waals surface area contributed by atoms with Crippen LogP contribution in [0.3, 0.4) is 0 Å². The first-order chi connectivity index (χ1) is 7.79. The minimum atomic E-state index is 0.437. The number of nitrogen functional groups attached to an aromatic ring is 1. The van der Waals surface area contributed by atoms with Crippen LogP contribution < -0.4 is 5.73 Å². The molecule has 0 aliphatic heterocycles. The van der Waals surface area contributed by atoms with Gasteiger partial charge in [0.1, 0.15) is 5.82 Å². The summed E-state index contributed by atoms with van der Waals surface area (Å²) < 4.78 is 5.03. The summed E-state index contributed by atoms with van der Waals surface area (Å²) in [6.07, 6.45) is 0. The number of hydrogen-bond acceptors (Lipinski definition) is 4. The van der Waals surface area contributed by atoms with E-state index in [0.29, 0.717) is 18.2 Å². The summed E-state index contributed by atoms with van der Waals surface area (Å²) in [5.41, 5.74) is 7.46. The van der Waals surface area contributed by atoms with E-state index in [1.54, 1.807) is 13.2 Å². The summed E-state index contributed by atoms with van der Waals surface area (Å²) >= 11 is 0. The van der Waals surface area contributed by atoms with Gasteiger partial charge >= 0.3 is 0 Å². The van der Waals surface area contributed by atoms with Gasteiger partial charge in [-0.2, -0.15) is 0 Å². The van der Waals surface area contributed by atoms with Crippen LogP contribution in [0.4, 0.5) is 5.82 Å². The summed E-state index contributed by atoms with van der Waals surface area (Å²) in [6, 6.07) is 11.5. The van der Waals surface area contributed by atoms with Gasteiger partial charge in [-0.3, -0.25) is 0 Å². The Balaban J connectivity index is 2.41. The Kier molecular flexibility index (Phi) is 3.12. The highest BCUT2D eigenvalue weighted by Crippen LogP contribution is 2.16. The summed E-state index contributed by atoms with van der Waals surface area (Å²) in [5, 5.41) is 0. The largest absolute Gasteiger partial charge is 0.384 e. The summed E-state index contributed by atoms with van der Waals surface area (Å²) in [6.45, 7) is 0.437. The van der Waals surface area contributed by atoms with Crippen LogP contribution in [-0.4, -0.2) is 17.1 Å². The first-order valence-corrected chi connectivity index (χ1v) is 4.97. The zero-order valence-electron chi connectivity index (χ0n) is 9.05. The van der Waals surface area contributed by atoms with Crippen LogP contribution in [0.2, 0.25) is 0 Å². The van der Waals surface area contributed by atoms with Crippen LogP contribution in [-0.2, 0) is 11.3 Å². The molecular formula is C12H13N3O. The van der Waals surface area contributed by atoms with Gasteiger partial charge < -0.3 is 10.5 Å². The van der Waals surface area contributed by atoms with Gasteiger partial charge in [-0.05, 0) is 0 Å². The van der Waals surface area contributed by atoms with Crippen molar-refractivity contribution in [1.82, 2.24) is 9.97 Å². The fraction of sp³-hybridized carbons (Fsp3) is 0.167. The van der Waals surface area contributed by atoms with Crippen molar-refractivity contribution in [2.45, 2.75) is 6.61 Å². The predicted molar refractivity (Wildman–Crippen MR) is 62.6 cm³/mol. The van der Waals surface area contributed by atoms with E-state index in [-0.39, 0.29) is 0 Å². The molecule has 2 rings (SSSR count). The Morgan fingerprint density at radius 2 is 1.94 bits per heavy atom. The molecule has 1 aromatic carbocycles. The van der Waals surface area contributed by atoms with Gasteiger partial charge in [0.05, 0.1) is 12.3 Å². The smallest absolute Gasteiger partial charge is 0.161 e. The first-order valence-electron chi connectivity index (χ1n) is 4.97. The molecule has 0 atom stereocenters. The molecule has 0 fully saturated rings. The highest BCUT2D eigenvalue weighted by Gasteiger charge is 2.04. The van der Waals surface area contributed by atoms with Crippen molar-refractivity contribution in [2.24, 2.45) is 0 Å². The first kappa shape index (κ1) is 10.6. The molecule has 82 valence electrons. The number of hydrogen-bond donors (Lipinski definition) is 1. The van der Waals surface area contributed by atoms with Crippen molar-refractivity contribution in [3.8, 4) is 11.4 Å². The predicted octanol–water partition coefficient (Wildman–Crippen LogP) is 1.87. The molecule has 0 aliphatic carbocycles. The molecule has 1 aromatic heterocycles. The van der Waals surface area contributed by atoms with Gasteiger partial charge in [0, 0.05) is 18.7 Å². The number of nitrogens with zero attached hydrogens (tertiary/aromatic N) is 2. The van der Waals surface area contributed by atoms with Crippen LogP contribution in [0.5, 0.6) is 0 Å². The van der Waals surface area contributed by atoms with Crippen molar-refractivity contribution in [2.75, 3.05) is 12.8 Å². The second-order valence-electron chi connectivity index (χ2n) is 3.41. The number of ether oxygens (including phenoxy) is 1. The third-order valence-corrected chi connectivity index (χ3v) is 2.12. The van der Waals surface area contributed by atoms with Crippen molar-refractivity contribution < 1.29 is 4.74 Å². The fourth-order valence-electron chi connectivity index (χ4n) is 1.46. The normalized spacial score (nSPS) is 10.3. The Labute approximate surface area is 94.1 Å². The molecular weight excluding hydrogens is 202 g/mol. The molecule has 0 radical (unpaired) electrons. The lowest BCUT2D eigenvalue weighted by molar-refractivity contribution is 0.181. The topological polar surface area (TPSA) is 61.0 Å². The van der Waals surface area contributed by atoms with Crippen LogP contribution in [0.15, 0.2) is 36.4 Å². The molecule has 2 N–H and O–H groups in total. The van der Waals surface area contributed by atoms with E-state index in [9.17, 15) is 0 Å². The number of aromatic nitrogens is 2. The average Bonchev–Trinajstić information content (AvgIpc) is 2.30. The molecule has 2 aromatic rings. The van der Waals surface area contributed by atoms with Gasteiger partial charge in [0.25, 0.3) is 0 Å². The summed E-state index contributed by atoms with van der Waals surface area (Å²) in [5.74, 6) is 1.09.